The average molecular weight is 338 g/mol. The highest BCUT2D eigenvalue weighted by Gasteiger charge is 2.27. The van der Waals surface area contributed by atoms with Crippen LogP contribution in [0.1, 0.15) is 26.3 Å². The van der Waals surface area contributed by atoms with E-state index >= 15 is 0 Å². The fraction of sp³-hybridized carbons (Fsp3) is 0.300. The summed E-state index contributed by atoms with van der Waals surface area (Å²) < 4.78 is 5.41. The van der Waals surface area contributed by atoms with Gasteiger partial charge < -0.3 is 10.1 Å². The molecule has 0 spiro atoms. The molecule has 1 heterocycles. The molecule has 2 aromatic carbocycles. The smallest absolute Gasteiger partial charge is 0.265 e. The Bertz CT molecular complexity index is 809. The number of rotatable bonds is 3. The van der Waals surface area contributed by atoms with Crippen LogP contribution >= 0.6 is 0 Å². The molecule has 0 aliphatic carbocycles. The van der Waals surface area contributed by atoms with E-state index in [-0.39, 0.29) is 30.4 Å². The van der Waals surface area contributed by atoms with Crippen LogP contribution in [-0.4, -0.2) is 25.0 Å². The summed E-state index contributed by atoms with van der Waals surface area (Å²) in [5, 5.41) is 2.94. The van der Waals surface area contributed by atoms with Gasteiger partial charge >= 0.3 is 0 Å². The van der Waals surface area contributed by atoms with Gasteiger partial charge in [-0.05, 0) is 29.2 Å². The van der Waals surface area contributed by atoms with Gasteiger partial charge in [0.15, 0.2) is 6.61 Å². The number of anilines is 2. The molecule has 1 aliphatic heterocycles. The third-order valence-corrected chi connectivity index (χ3v) is 4.12. The van der Waals surface area contributed by atoms with Crippen molar-refractivity contribution in [3.8, 4) is 5.75 Å². The fourth-order valence-electron chi connectivity index (χ4n) is 2.91. The molecule has 2 aromatic rings. The van der Waals surface area contributed by atoms with Gasteiger partial charge in [-0.25, -0.2) is 0 Å². The molecule has 1 aliphatic rings. The number of benzene rings is 2. The lowest BCUT2D eigenvalue weighted by atomic mass is 9.86. The molecule has 0 aromatic heterocycles. The number of hydrogen-bond acceptors (Lipinski definition) is 3. The van der Waals surface area contributed by atoms with Crippen LogP contribution in [0, 0.1) is 0 Å². The predicted molar refractivity (Wildman–Crippen MR) is 98.1 cm³/mol. The number of fused-ring (bicyclic) bond motifs is 1. The minimum absolute atomic E-state index is 0.0440. The Hall–Kier alpha value is -2.82. The molecular weight excluding hydrogens is 316 g/mol. The normalized spacial score (nSPS) is 13.9. The van der Waals surface area contributed by atoms with Gasteiger partial charge in [-0.2, -0.15) is 0 Å². The summed E-state index contributed by atoms with van der Waals surface area (Å²) >= 11 is 0. The van der Waals surface area contributed by atoms with E-state index in [1.807, 2.05) is 36.4 Å². The molecule has 1 N–H and O–H groups in total. The SMILES string of the molecule is CC(C)(C)c1ccccc1NC(=O)CN1C(=O)COc2ccccc21. The molecule has 0 bridgehead atoms. The van der Waals surface area contributed by atoms with Crippen molar-refractivity contribution in [2.24, 2.45) is 0 Å². The van der Waals surface area contributed by atoms with E-state index in [1.165, 1.54) is 4.90 Å². The second-order valence-corrected chi connectivity index (χ2v) is 7.08. The Morgan fingerprint density at radius 3 is 2.56 bits per heavy atom. The summed E-state index contributed by atoms with van der Waals surface area (Å²) in [7, 11) is 0. The maximum Gasteiger partial charge on any atom is 0.265 e. The zero-order valence-electron chi connectivity index (χ0n) is 14.7. The molecule has 25 heavy (non-hydrogen) atoms. The van der Waals surface area contributed by atoms with E-state index in [9.17, 15) is 9.59 Å². The lowest BCUT2D eigenvalue weighted by Crippen LogP contribution is -2.43. The van der Waals surface area contributed by atoms with E-state index in [0.29, 0.717) is 11.4 Å². The van der Waals surface area contributed by atoms with Crippen molar-refractivity contribution in [1.29, 1.82) is 0 Å². The first-order chi connectivity index (χ1) is 11.9. The fourth-order valence-corrected chi connectivity index (χ4v) is 2.91. The van der Waals surface area contributed by atoms with Gasteiger partial charge in [-0.3, -0.25) is 14.5 Å². The first-order valence-electron chi connectivity index (χ1n) is 8.28. The Balaban J connectivity index is 1.79. The summed E-state index contributed by atoms with van der Waals surface area (Å²) in [5.41, 5.74) is 2.36. The van der Waals surface area contributed by atoms with Crippen LogP contribution in [0.15, 0.2) is 48.5 Å². The van der Waals surface area contributed by atoms with Crippen molar-refractivity contribution >= 4 is 23.2 Å². The Morgan fingerprint density at radius 2 is 1.80 bits per heavy atom. The summed E-state index contributed by atoms with van der Waals surface area (Å²) in [6.45, 7) is 6.19. The molecule has 0 fully saturated rings. The Labute approximate surface area is 147 Å². The zero-order valence-corrected chi connectivity index (χ0v) is 14.7. The van der Waals surface area contributed by atoms with E-state index in [4.69, 9.17) is 4.74 Å². The quantitative estimate of drug-likeness (QED) is 0.934. The van der Waals surface area contributed by atoms with Crippen molar-refractivity contribution in [2.75, 3.05) is 23.4 Å². The maximum atomic E-state index is 12.6. The number of amides is 2. The minimum Gasteiger partial charge on any atom is -0.482 e. The van der Waals surface area contributed by atoms with Crippen LogP contribution in [-0.2, 0) is 15.0 Å². The summed E-state index contributed by atoms with van der Waals surface area (Å²) in [5.74, 6) is 0.157. The van der Waals surface area contributed by atoms with E-state index in [2.05, 4.69) is 26.1 Å². The van der Waals surface area contributed by atoms with E-state index < -0.39 is 0 Å². The predicted octanol–water partition coefficient (Wildman–Crippen LogP) is 3.35. The second kappa shape index (κ2) is 6.59. The van der Waals surface area contributed by atoms with Crippen molar-refractivity contribution < 1.29 is 14.3 Å². The second-order valence-electron chi connectivity index (χ2n) is 7.08. The molecule has 2 amide bonds. The molecule has 0 saturated carbocycles. The van der Waals surface area contributed by atoms with Crippen molar-refractivity contribution in [2.45, 2.75) is 26.2 Å². The number of nitrogens with one attached hydrogen (secondary N) is 1. The number of carbonyl (C=O) groups excluding carboxylic acids is 2. The highest BCUT2D eigenvalue weighted by Crippen LogP contribution is 2.32. The molecule has 0 unspecified atom stereocenters. The van der Waals surface area contributed by atoms with Gasteiger partial charge in [0, 0.05) is 5.69 Å². The highest BCUT2D eigenvalue weighted by atomic mass is 16.5. The highest BCUT2D eigenvalue weighted by molar-refractivity contribution is 6.05. The molecular formula is C20H22N2O3. The third kappa shape index (κ3) is 3.65. The number of hydrogen-bond donors (Lipinski definition) is 1. The molecule has 3 rings (SSSR count). The molecule has 0 saturated heterocycles. The van der Waals surface area contributed by atoms with Gasteiger partial charge in [-0.15, -0.1) is 0 Å². The van der Waals surface area contributed by atoms with E-state index in [1.54, 1.807) is 12.1 Å². The Kier molecular flexibility index (Phi) is 4.49. The largest absolute Gasteiger partial charge is 0.482 e. The van der Waals surface area contributed by atoms with Crippen molar-refractivity contribution in [1.82, 2.24) is 0 Å². The van der Waals surface area contributed by atoms with Crippen LogP contribution in [0.5, 0.6) is 5.75 Å². The summed E-state index contributed by atoms with van der Waals surface area (Å²) in [4.78, 5) is 26.2. The van der Waals surface area contributed by atoms with Gasteiger partial charge in [0.1, 0.15) is 12.3 Å². The van der Waals surface area contributed by atoms with Gasteiger partial charge in [0.2, 0.25) is 5.91 Å². The first-order valence-corrected chi connectivity index (χ1v) is 8.28. The van der Waals surface area contributed by atoms with Gasteiger partial charge in [-0.1, -0.05) is 51.1 Å². The monoisotopic (exact) mass is 338 g/mol. The van der Waals surface area contributed by atoms with Crippen molar-refractivity contribution in [3.05, 3.63) is 54.1 Å². The van der Waals surface area contributed by atoms with Crippen LogP contribution in [0.2, 0.25) is 0 Å². The molecule has 0 radical (unpaired) electrons. The topological polar surface area (TPSA) is 58.6 Å². The lowest BCUT2D eigenvalue weighted by Gasteiger charge is -2.29. The number of carbonyl (C=O) groups is 2. The molecule has 0 atom stereocenters. The Morgan fingerprint density at radius 1 is 1.12 bits per heavy atom. The van der Waals surface area contributed by atoms with Crippen LogP contribution in [0.25, 0.3) is 0 Å². The third-order valence-electron chi connectivity index (χ3n) is 4.12. The summed E-state index contributed by atoms with van der Waals surface area (Å²) in [6, 6.07) is 15.0. The van der Waals surface area contributed by atoms with E-state index in [0.717, 1.165) is 11.3 Å². The van der Waals surface area contributed by atoms with Crippen LogP contribution < -0.4 is 15.0 Å². The number of para-hydroxylation sites is 3. The summed E-state index contributed by atoms with van der Waals surface area (Å²) in [6.07, 6.45) is 0. The van der Waals surface area contributed by atoms with Crippen LogP contribution in [0.4, 0.5) is 11.4 Å². The van der Waals surface area contributed by atoms with Gasteiger partial charge in [0.05, 0.1) is 5.69 Å². The number of ether oxygens (including phenoxy) is 1. The van der Waals surface area contributed by atoms with Crippen LogP contribution in [0.3, 0.4) is 0 Å². The maximum absolute atomic E-state index is 12.6. The molecule has 130 valence electrons. The zero-order chi connectivity index (χ0) is 18.0. The minimum atomic E-state index is -0.234. The first kappa shape index (κ1) is 17.0. The van der Waals surface area contributed by atoms with Crippen molar-refractivity contribution in [3.63, 3.8) is 0 Å². The average Bonchev–Trinajstić information content (AvgIpc) is 2.57. The van der Waals surface area contributed by atoms with Gasteiger partial charge in [0.25, 0.3) is 5.91 Å². The molecule has 5 heteroatoms. The number of nitrogens with zero attached hydrogens (tertiary/aromatic N) is 1. The lowest BCUT2D eigenvalue weighted by molar-refractivity contribution is -0.123. The molecule has 5 nitrogen and oxygen atoms in total. The standard InChI is InChI=1S/C20H22N2O3/c1-20(2,3)14-8-4-5-9-15(14)21-18(23)12-22-16-10-6-7-11-17(16)25-13-19(22)24/h4-11H,12-13H2,1-3H3,(H,21,23).